The van der Waals surface area contributed by atoms with E-state index in [1.807, 2.05) is 29.2 Å². The zero-order valence-corrected chi connectivity index (χ0v) is 14.1. The summed E-state index contributed by atoms with van der Waals surface area (Å²) in [6, 6.07) is 15.3. The van der Waals surface area contributed by atoms with Gasteiger partial charge in [0, 0.05) is 30.9 Å². The van der Waals surface area contributed by atoms with Gasteiger partial charge in [-0.15, -0.1) is 0 Å². The molecule has 26 heavy (non-hydrogen) atoms. The highest BCUT2D eigenvalue weighted by Crippen LogP contribution is 2.22. The maximum Gasteiger partial charge on any atom is 0.269 e. The van der Waals surface area contributed by atoms with Gasteiger partial charge in [-0.05, 0) is 41.5 Å². The number of nitrogens with zero attached hydrogens (tertiary/aromatic N) is 3. The number of nitriles is 1. The Balaban J connectivity index is 2.23. The first-order chi connectivity index (χ1) is 12.6. The number of allylic oxidation sites excluding steroid dienone is 1. The Hall–Kier alpha value is -3.21. The van der Waals surface area contributed by atoms with E-state index in [9.17, 15) is 15.4 Å². The summed E-state index contributed by atoms with van der Waals surface area (Å²) in [7, 11) is 0. The van der Waals surface area contributed by atoms with Crippen molar-refractivity contribution in [2.24, 2.45) is 0 Å². The fourth-order valence-electron chi connectivity index (χ4n) is 2.50. The molecular weight excluding hydrogens is 334 g/mol. The topological polar surface area (TPSA) is 111 Å². The number of non-ortho nitro benzene ring substituents is 1. The van der Waals surface area contributed by atoms with Crippen molar-refractivity contribution in [3.05, 3.63) is 69.8 Å². The van der Waals surface area contributed by atoms with Gasteiger partial charge in [-0.2, -0.15) is 5.26 Å². The van der Waals surface area contributed by atoms with E-state index in [1.165, 1.54) is 12.1 Å². The summed E-state index contributed by atoms with van der Waals surface area (Å²) in [4.78, 5) is 12.1. The quantitative estimate of drug-likeness (QED) is 0.326. The average Bonchev–Trinajstić information content (AvgIpc) is 2.66. The molecule has 2 aromatic rings. The summed E-state index contributed by atoms with van der Waals surface area (Å²) in [5, 5.41) is 38.3. The summed E-state index contributed by atoms with van der Waals surface area (Å²) >= 11 is 0. The Morgan fingerprint density at radius 2 is 1.65 bits per heavy atom. The van der Waals surface area contributed by atoms with Gasteiger partial charge in [-0.3, -0.25) is 10.1 Å². The number of benzene rings is 2. The van der Waals surface area contributed by atoms with Crippen molar-refractivity contribution >= 4 is 23.0 Å². The molecule has 0 aromatic heterocycles. The number of aliphatic hydroxyl groups is 2. The Labute approximate surface area is 151 Å². The number of anilines is 1. The van der Waals surface area contributed by atoms with Crippen LogP contribution >= 0.6 is 0 Å². The third-order valence-corrected chi connectivity index (χ3v) is 3.82. The fraction of sp³-hybridized carbons (Fsp3) is 0.211. The summed E-state index contributed by atoms with van der Waals surface area (Å²) in [6.07, 6.45) is 1.70. The van der Waals surface area contributed by atoms with Crippen LogP contribution < -0.4 is 4.90 Å². The minimum absolute atomic E-state index is 0.0135. The predicted molar refractivity (Wildman–Crippen MR) is 99.4 cm³/mol. The van der Waals surface area contributed by atoms with Crippen molar-refractivity contribution in [3.63, 3.8) is 0 Å². The smallest absolute Gasteiger partial charge is 0.269 e. The average molecular weight is 353 g/mol. The van der Waals surface area contributed by atoms with E-state index in [1.54, 1.807) is 18.2 Å². The lowest BCUT2D eigenvalue weighted by Gasteiger charge is -2.22. The van der Waals surface area contributed by atoms with Crippen molar-refractivity contribution in [3.8, 4) is 6.07 Å². The van der Waals surface area contributed by atoms with Crippen molar-refractivity contribution in [1.82, 2.24) is 0 Å². The number of nitro benzene ring substituents is 1. The molecule has 0 aliphatic rings. The first-order valence-electron chi connectivity index (χ1n) is 8.02. The van der Waals surface area contributed by atoms with Gasteiger partial charge in [-0.25, -0.2) is 0 Å². The lowest BCUT2D eigenvalue weighted by molar-refractivity contribution is -0.384. The minimum Gasteiger partial charge on any atom is -0.395 e. The molecule has 2 aromatic carbocycles. The van der Waals surface area contributed by atoms with E-state index < -0.39 is 4.92 Å². The number of nitro groups is 1. The molecule has 0 fully saturated rings. The van der Waals surface area contributed by atoms with E-state index in [2.05, 4.69) is 6.07 Å². The Bertz CT molecular complexity index is 802. The number of aliphatic hydroxyl groups excluding tert-OH is 2. The molecular formula is C19H19N3O4. The first kappa shape index (κ1) is 19.1. The van der Waals surface area contributed by atoms with Gasteiger partial charge in [0.05, 0.1) is 29.8 Å². The maximum absolute atomic E-state index is 10.7. The van der Waals surface area contributed by atoms with Crippen molar-refractivity contribution in [2.75, 3.05) is 31.2 Å². The normalized spacial score (nSPS) is 11.0. The highest BCUT2D eigenvalue weighted by atomic mass is 16.6. The van der Waals surface area contributed by atoms with E-state index in [4.69, 9.17) is 10.2 Å². The number of rotatable bonds is 8. The molecule has 0 heterocycles. The van der Waals surface area contributed by atoms with Crippen molar-refractivity contribution in [1.29, 1.82) is 5.26 Å². The van der Waals surface area contributed by atoms with E-state index in [0.717, 1.165) is 11.3 Å². The van der Waals surface area contributed by atoms with Gasteiger partial charge >= 0.3 is 0 Å². The van der Waals surface area contributed by atoms with Crippen LogP contribution in [0.1, 0.15) is 11.1 Å². The summed E-state index contributed by atoms with van der Waals surface area (Å²) in [5.74, 6) is 0. The van der Waals surface area contributed by atoms with Crippen LogP contribution in [-0.4, -0.2) is 41.4 Å². The Kier molecular flexibility index (Phi) is 6.85. The minimum atomic E-state index is -0.483. The Morgan fingerprint density at radius 3 is 2.12 bits per heavy atom. The molecule has 0 radical (unpaired) electrons. The SMILES string of the molecule is N#C/C(=C\c1ccc(N(CCO)CCO)cc1)c1ccc([N+](=O)[O-])cc1. The summed E-state index contributed by atoms with van der Waals surface area (Å²) < 4.78 is 0. The van der Waals surface area contributed by atoms with Gasteiger partial charge in [0.25, 0.3) is 5.69 Å². The third kappa shape index (κ3) is 4.89. The molecule has 0 spiro atoms. The molecule has 2 rings (SSSR count). The van der Waals surface area contributed by atoms with Crippen LogP contribution in [0.4, 0.5) is 11.4 Å². The highest BCUT2D eigenvalue weighted by Gasteiger charge is 2.08. The second-order valence-corrected chi connectivity index (χ2v) is 5.50. The van der Waals surface area contributed by atoms with Gasteiger partial charge < -0.3 is 15.1 Å². The van der Waals surface area contributed by atoms with Gasteiger partial charge in [-0.1, -0.05) is 12.1 Å². The fourth-order valence-corrected chi connectivity index (χ4v) is 2.50. The maximum atomic E-state index is 10.7. The second kappa shape index (κ2) is 9.32. The molecule has 0 atom stereocenters. The molecule has 2 N–H and O–H groups in total. The van der Waals surface area contributed by atoms with Crippen LogP contribution in [0.2, 0.25) is 0 Å². The third-order valence-electron chi connectivity index (χ3n) is 3.82. The number of hydrogen-bond acceptors (Lipinski definition) is 6. The molecule has 0 unspecified atom stereocenters. The molecule has 0 bridgehead atoms. The standard InChI is InChI=1S/C19H19N3O4/c20-14-17(16-3-7-19(8-4-16)22(25)26)13-15-1-5-18(6-2-15)21(9-11-23)10-12-24/h1-8,13,23-24H,9-12H2/b17-13+. The zero-order valence-electron chi connectivity index (χ0n) is 14.1. The van der Waals surface area contributed by atoms with Gasteiger partial charge in [0.1, 0.15) is 0 Å². The van der Waals surface area contributed by atoms with Crippen LogP contribution in [0.5, 0.6) is 0 Å². The van der Waals surface area contributed by atoms with Gasteiger partial charge in [0.2, 0.25) is 0 Å². The van der Waals surface area contributed by atoms with E-state index >= 15 is 0 Å². The molecule has 0 aliphatic carbocycles. The number of hydrogen-bond donors (Lipinski definition) is 2. The first-order valence-corrected chi connectivity index (χ1v) is 8.02. The van der Waals surface area contributed by atoms with E-state index in [-0.39, 0.29) is 18.9 Å². The lowest BCUT2D eigenvalue weighted by Crippen LogP contribution is -2.29. The Morgan fingerprint density at radius 1 is 1.08 bits per heavy atom. The van der Waals surface area contributed by atoms with Crippen molar-refractivity contribution < 1.29 is 15.1 Å². The largest absolute Gasteiger partial charge is 0.395 e. The summed E-state index contributed by atoms with van der Waals surface area (Å²) in [6.45, 7) is 0.810. The van der Waals surface area contributed by atoms with Crippen LogP contribution in [0, 0.1) is 21.4 Å². The molecule has 0 saturated carbocycles. The molecule has 0 saturated heterocycles. The van der Waals surface area contributed by atoms with Crippen LogP contribution in [0.25, 0.3) is 11.6 Å². The highest BCUT2D eigenvalue weighted by molar-refractivity contribution is 5.89. The van der Waals surface area contributed by atoms with Crippen LogP contribution in [0.3, 0.4) is 0 Å². The molecule has 134 valence electrons. The van der Waals surface area contributed by atoms with E-state index in [0.29, 0.717) is 24.2 Å². The molecule has 0 amide bonds. The molecule has 7 heteroatoms. The van der Waals surface area contributed by atoms with Gasteiger partial charge in [0.15, 0.2) is 0 Å². The molecule has 0 aliphatic heterocycles. The monoisotopic (exact) mass is 353 g/mol. The van der Waals surface area contributed by atoms with Crippen molar-refractivity contribution in [2.45, 2.75) is 0 Å². The van der Waals surface area contributed by atoms with Crippen LogP contribution in [0.15, 0.2) is 48.5 Å². The predicted octanol–water partition coefficient (Wildman–Crippen LogP) is 2.45. The van der Waals surface area contributed by atoms with Crippen LogP contribution in [-0.2, 0) is 0 Å². The second-order valence-electron chi connectivity index (χ2n) is 5.50. The zero-order chi connectivity index (χ0) is 18.9. The lowest BCUT2D eigenvalue weighted by atomic mass is 10.0. The summed E-state index contributed by atoms with van der Waals surface area (Å²) in [5.41, 5.74) is 2.64. The molecule has 7 nitrogen and oxygen atoms in total.